The summed E-state index contributed by atoms with van der Waals surface area (Å²) >= 11 is 0. The average molecular weight is 353 g/mol. The van der Waals surface area contributed by atoms with E-state index in [4.69, 9.17) is 5.11 Å². The monoisotopic (exact) mass is 353 g/mol. The molecular formula is C19H25F2NO3. The molecule has 0 aromatic heterocycles. The molecule has 0 bridgehead atoms. The van der Waals surface area contributed by atoms with Gasteiger partial charge < -0.3 is 10.4 Å². The first-order valence-electron chi connectivity index (χ1n) is 8.91. The van der Waals surface area contributed by atoms with Crippen molar-refractivity contribution in [2.45, 2.75) is 63.2 Å². The SMILES string of the molecule is O=C(O)CCCCCCNC(=O)C1(c2ccc(F)cc2F)CCCC1. The van der Waals surface area contributed by atoms with E-state index in [1.165, 1.54) is 12.1 Å². The molecule has 2 N–H and O–H groups in total. The summed E-state index contributed by atoms with van der Waals surface area (Å²) in [5, 5.41) is 11.5. The molecule has 4 nitrogen and oxygen atoms in total. The first-order valence-corrected chi connectivity index (χ1v) is 8.91. The van der Waals surface area contributed by atoms with Crippen LogP contribution in [0.5, 0.6) is 0 Å². The van der Waals surface area contributed by atoms with Gasteiger partial charge in [0.15, 0.2) is 0 Å². The number of hydrogen-bond acceptors (Lipinski definition) is 2. The average Bonchev–Trinajstić information content (AvgIpc) is 3.04. The Morgan fingerprint density at radius 2 is 1.76 bits per heavy atom. The topological polar surface area (TPSA) is 66.4 Å². The van der Waals surface area contributed by atoms with Crippen LogP contribution in [0.4, 0.5) is 8.78 Å². The Morgan fingerprint density at radius 3 is 2.40 bits per heavy atom. The smallest absolute Gasteiger partial charge is 0.303 e. The van der Waals surface area contributed by atoms with E-state index in [-0.39, 0.29) is 17.9 Å². The van der Waals surface area contributed by atoms with Gasteiger partial charge in [0.2, 0.25) is 5.91 Å². The van der Waals surface area contributed by atoms with E-state index in [1.807, 2.05) is 0 Å². The van der Waals surface area contributed by atoms with Gasteiger partial charge >= 0.3 is 5.97 Å². The predicted octanol–water partition coefficient (Wildman–Crippen LogP) is 3.93. The molecule has 1 amide bonds. The standard InChI is InChI=1S/C19H25F2NO3/c20-14-8-9-15(16(21)13-14)19(10-4-5-11-19)18(25)22-12-6-2-1-3-7-17(23)24/h8-9,13H,1-7,10-12H2,(H,22,25)(H,23,24). The quantitative estimate of drug-likeness (QED) is 0.661. The number of carbonyl (C=O) groups excluding carboxylic acids is 1. The molecule has 2 rings (SSSR count). The summed E-state index contributed by atoms with van der Waals surface area (Å²) in [4.78, 5) is 23.2. The fourth-order valence-electron chi connectivity index (χ4n) is 3.60. The minimum atomic E-state index is -0.902. The van der Waals surface area contributed by atoms with Gasteiger partial charge in [0.1, 0.15) is 11.6 Å². The van der Waals surface area contributed by atoms with Crippen molar-refractivity contribution in [3.05, 3.63) is 35.4 Å². The summed E-state index contributed by atoms with van der Waals surface area (Å²) in [6.45, 7) is 0.483. The lowest BCUT2D eigenvalue weighted by Gasteiger charge is -2.28. The lowest BCUT2D eigenvalue weighted by atomic mass is 9.77. The number of hydrogen-bond donors (Lipinski definition) is 2. The molecule has 0 aliphatic heterocycles. The van der Waals surface area contributed by atoms with Gasteiger partial charge in [-0.05, 0) is 31.7 Å². The van der Waals surface area contributed by atoms with Gasteiger partial charge in [-0.1, -0.05) is 31.7 Å². The fourth-order valence-corrected chi connectivity index (χ4v) is 3.60. The van der Waals surface area contributed by atoms with Crippen LogP contribution in [0.2, 0.25) is 0 Å². The Balaban J connectivity index is 1.89. The van der Waals surface area contributed by atoms with Crippen LogP contribution in [0.3, 0.4) is 0 Å². The zero-order valence-electron chi connectivity index (χ0n) is 14.3. The van der Waals surface area contributed by atoms with E-state index in [0.29, 0.717) is 25.8 Å². The maximum Gasteiger partial charge on any atom is 0.303 e. The van der Waals surface area contributed by atoms with Crippen LogP contribution in [-0.4, -0.2) is 23.5 Å². The van der Waals surface area contributed by atoms with Crippen molar-refractivity contribution < 1.29 is 23.5 Å². The van der Waals surface area contributed by atoms with Crippen molar-refractivity contribution in [1.29, 1.82) is 0 Å². The molecule has 0 spiro atoms. The first-order chi connectivity index (χ1) is 12.0. The number of aliphatic carboxylic acids is 1. The molecule has 1 aliphatic rings. The summed E-state index contributed by atoms with van der Waals surface area (Å²) in [7, 11) is 0. The second-order valence-electron chi connectivity index (χ2n) is 6.73. The van der Waals surface area contributed by atoms with Crippen molar-refractivity contribution >= 4 is 11.9 Å². The molecule has 138 valence electrons. The highest BCUT2D eigenvalue weighted by atomic mass is 19.1. The van der Waals surface area contributed by atoms with Gasteiger partial charge in [0.25, 0.3) is 0 Å². The Morgan fingerprint density at radius 1 is 1.08 bits per heavy atom. The van der Waals surface area contributed by atoms with Crippen molar-refractivity contribution in [3.63, 3.8) is 0 Å². The van der Waals surface area contributed by atoms with Crippen LogP contribution in [0.25, 0.3) is 0 Å². The van der Waals surface area contributed by atoms with E-state index in [9.17, 15) is 18.4 Å². The number of benzene rings is 1. The van der Waals surface area contributed by atoms with Crippen LogP contribution < -0.4 is 5.32 Å². The third-order valence-electron chi connectivity index (χ3n) is 4.94. The van der Waals surface area contributed by atoms with Crippen LogP contribution in [0, 0.1) is 11.6 Å². The van der Waals surface area contributed by atoms with E-state index in [2.05, 4.69) is 5.32 Å². The van der Waals surface area contributed by atoms with Crippen LogP contribution in [-0.2, 0) is 15.0 Å². The number of halogens is 2. The number of nitrogens with one attached hydrogen (secondary N) is 1. The van der Waals surface area contributed by atoms with E-state index >= 15 is 0 Å². The third-order valence-corrected chi connectivity index (χ3v) is 4.94. The Kier molecular flexibility index (Phi) is 6.91. The number of carboxylic acids is 1. The third kappa shape index (κ3) is 5.00. The number of carbonyl (C=O) groups is 2. The molecule has 1 fully saturated rings. The van der Waals surface area contributed by atoms with Crippen molar-refractivity contribution in [1.82, 2.24) is 5.32 Å². The Bertz CT molecular complexity index is 613. The van der Waals surface area contributed by atoms with Gasteiger partial charge in [-0.15, -0.1) is 0 Å². The second kappa shape index (κ2) is 8.92. The number of unbranched alkanes of at least 4 members (excludes halogenated alkanes) is 3. The van der Waals surface area contributed by atoms with Gasteiger partial charge in [0, 0.05) is 24.6 Å². The highest BCUT2D eigenvalue weighted by molar-refractivity contribution is 5.88. The molecule has 1 aromatic rings. The summed E-state index contributed by atoms with van der Waals surface area (Å²) in [5.74, 6) is -2.29. The maximum atomic E-state index is 14.2. The molecule has 25 heavy (non-hydrogen) atoms. The largest absolute Gasteiger partial charge is 0.481 e. The lowest BCUT2D eigenvalue weighted by molar-refractivity contribution is -0.137. The Labute approximate surface area is 146 Å². The van der Waals surface area contributed by atoms with Gasteiger partial charge in [-0.3, -0.25) is 9.59 Å². The van der Waals surface area contributed by atoms with Crippen molar-refractivity contribution in [2.75, 3.05) is 6.54 Å². The number of rotatable bonds is 9. The number of amides is 1. The molecule has 0 atom stereocenters. The summed E-state index contributed by atoms with van der Waals surface area (Å²) in [5.41, 5.74) is -0.619. The fraction of sp³-hybridized carbons (Fsp3) is 0.579. The lowest BCUT2D eigenvalue weighted by Crippen LogP contribution is -2.43. The summed E-state index contributed by atoms with van der Waals surface area (Å²) in [6, 6.07) is 3.43. The maximum absolute atomic E-state index is 14.2. The zero-order valence-corrected chi connectivity index (χ0v) is 14.3. The predicted molar refractivity (Wildman–Crippen MR) is 90.2 cm³/mol. The molecule has 0 unspecified atom stereocenters. The molecule has 1 aromatic carbocycles. The van der Waals surface area contributed by atoms with Gasteiger partial charge in [-0.25, -0.2) is 8.78 Å². The highest BCUT2D eigenvalue weighted by Crippen LogP contribution is 2.42. The highest BCUT2D eigenvalue weighted by Gasteiger charge is 2.44. The van der Waals surface area contributed by atoms with E-state index < -0.39 is 23.0 Å². The van der Waals surface area contributed by atoms with Crippen LogP contribution >= 0.6 is 0 Å². The normalized spacial score (nSPS) is 15.9. The zero-order chi connectivity index (χ0) is 18.3. The minimum Gasteiger partial charge on any atom is -0.481 e. The van der Waals surface area contributed by atoms with Gasteiger partial charge in [-0.2, -0.15) is 0 Å². The molecule has 6 heteroatoms. The molecular weight excluding hydrogens is 328 g/mol. The summed E-state index contributed by atoms with van der Waals surface area (Å²) < 4.78 is 27.4. The van der Waals surface area contributed by atoms with E-state index in [1.54, 1.807) is 0 Å². The Hall–Kier alpha value is -1.98. The molecule has 0 heterocycles. The first kappa shape index (κ1) is 19.3. The van der Waals surface area contributed by atoms with Crippen molar-refractivity contribution in [2.24, 2.45) is 0 Å². The van der Waals surface area contributed by atoms with E-state index in [0.717, 1.165) is 38.2 Å². The molecule has 0 saturated heterocycles. The van der Waals surface area contributed by atoms with Crippen LogP contribution in [0.1, 0.15) is 63.4 Å². The molecule has 1 aliphatic carbocycles. The van der Waals surface area contributed by atoms with Crippen molar-refractivity contribution in [3.8, 4) is 0 Å². The molecule has 1 saturated carbocycles. The minimum absolute atomic E-state index is 0.166. The van der Waals surface area contributed by atoms with Crippen LogP contribution in [0.15, 0.2) is 18.2 Å². The molecule has 0 radical (unpaired) electrons. The second-order valence-corrected chi connectivity index (χ2v) is 6.73. The number of carboxylic acid groups (broad SMARTS) is 1. The summed E-state index contributed by atoms with van der Waals surface area (Å²) in [6.07, 6.45) is 6.03. The van der Waals surface area contributed by atoms with Gasteiger partial charge in [0.05, 0.1) is 5.41 Å².